The third kappa shape index (κ3) is 2.64. The first-order valence-corrected chi connectivity index (χ1v) is 8.73. The molecule has 3 atom stereocenters. The quantitative estimate of drug-likeness (QED) is 0.930. The molecule has 0 amide bonds. The second-order valence-electron chi connectivity index (χ2n) is 5.39. The second-order valence-corrected chi connectivity index (χ2v) is 7.93. The number of aliphatic hydroxyl groups is 1. The predicted octanol–water partition coefficient (Wildman–Crippen LogP) is 3.03. The molecule has 0 saturated heterocycles. The minimum atomic E-state index is -3.60. The number of hydrogen-bond donors (Lipinski definition) is 1. The summed E-state index contributed by atoms with van der Waals surface area (Å²) < 4.78 is 38.7. The van der Waals surface area contributed by atoms with Gasteiger partial charge in [0.15, 0.2) is 9.84 Å². The number of benzene rings is 2. The molecule has 116 valence electrons. The lowest BCUT2D eigenvalue weighted by Crippen LogP contribution is -2.11. The van der Waals surface area contributed by atoms with Crippen LogP contribution in [0.1, 0.15) is 11.5 Å². The molecule has 0 aliphatic heterocycles. The lowest BCUT2D eigenvalue weighted by atomic mass is 10.1. The van der Waals surface area contributed by atoms with Crippen LogP contribution in [0.4, 0.5) is 4.39 Å². The molecule has 3 nitrogen and oxygen atoms in total. The van der Waals surface area contributed by atoms with Crippen LogP contribution in [-0.2, 0) is 9.84 Å². The van der Waals surface area contributed by atoms with Crippen LogP contribution in [0.3, 0.4) is 0 Å². The summed E-state index contributed by atoms with van der Waals surface area (Å²) in [6.45, 7) is -0.251. The first kappa shape index (κ1) is 15.5. The van der Waals surface area contributed by atoms with Crippen LogP contribution in [0.5, 0.6) is 0 Å². The van der Waals surface area contributed by atoms with Crippen LogP contribution >= 0.6 is 11.6 Å². The average Bonchev–Trinajstić information content (AvgIpc) is 3.23. The van der Waals surface area contributed by atoms with E-state index in [1.54, 1.807) is 12.1 Å². The summed E-state index contributed by atoms with van der Waals surface area (Å²) in [5, 5.41) is 9.17. The van der Waals surface area contributed by atoms with Gasteiger partial charge in [-0.1, -0.05) is 23.7 Å². The first-order chi connectivity index (χ1) is 10.4. The van der Waals surface area contributed by atoms with Gasteiger partial charge in [-0.05, 0) is 42.0 Å². The molecule has 2 aromatic carbocycles. The highest BCUT2D eigenvalue weighted by Crippen LogP contribution is 2.53. The summed E-state index contributed by atoms with van der Waals surface area (Å²) in [5.41, 5.74) is 0.599. The summed E-state index contributed by atoms with van der Waals surface area (Å²) in [7, 11) is -3.60. The van der Waals surface area contributed by atoms with Crippen LogP contribution in [-0.4, -0.2) is 25.4 Å². The third-order valence-corrected chi connectivity index (χ3v) is 6.58. The van der Waals surface area contributed by atoms with Gasteiger partial charge in [0.25, 0.3) is 0 Å². The van der Waals surface area contributed by atoms with Crippen LogP contribution in [0.15, 0.2) is 53.4 Å². The Balaban J connectivity index is 1.95. The zero-order chi connectivity index (χ0) is 15.9. The van der Waals surface area contributed by atoms with E-state index in [0.29, 0.717) is 10.6 Å². The molecule has 6 heteroatoms. The molecule has 0 bridgehead atoms. The Kier molecular flexibility index (Phi) is 3.97. The van der Waals surface area contributed by atoms with Gasteiger partial charge >= 0.3 is 0 Å². The van der Waals surface area contributed by atoms with Gasteiger partial charge in [-0.2, -0.15) is 0 Å². The summed E-state index contributed by atoms with van der Waals surface area (Å²) >= 11 is 5.78. The van der Waals surface area contributed by atoms with Crippen molar-refractivity contribution in [2.75, 3.05) is 6.61 Å². The fourth-order valence-electron chi connectivity index (χ4n) is 2.92. The van der Waals surface area contributed by atoms with Crippen molar-refractivity contribution in [1.82, 2.24) is 0 Å². The van der Waals surface area contributed by atoms with Crippen LogP contribution in [0, 0.1) is 11.7 Å². The Morgan fingerprint density at radius 3 is 2.41 bits per heavy atom. The van der Waals surface area contributed by atoms with Crippen molar-refractivity contribution in [1.29, 1.82) is 0 Å². The molecule has 1 saturated carbocycles. The minimum Gasteiger partial charge on any atom is -0.396 e. The van der Waals surface area contributed by atoms with Crippen molar-refractivity contribution in [2.45, 2.75) is 16.1 Å². The van der Waals surface area contributed by atoms with E-state index >= 15 is 0 Å². The van der Waals surface area contributed by atoms with Crippen LogP contribution in [0.25, 0.3) is 0 Å². The molecule has 1 fully saturated rings. The monoisotopic (exact) mass is 340 g/mol. The minimum absolute atomic E-state index is 0.166. The van der Waals surface area contributed by atoms with Gasteiger partial charge in [-0.25, -0.2) is 12.8 Å². The van der Waals surface area contributed by atoms with Crippen molar-refractivity contribution in [3.63, 3.8) is 0 Å². The van der Waals surface area contributed by atoms with Crippen molar-refractivity contribution < 1.29 is 17.9 Å². The number of halogens is 2. The van der Waals surface area contributed by atoms with Crippen molar-refractivity contribution in [3.05, 3.63) is 64.9 Å². The van der Waals surface area contributed by atoms with E-state index in [1.165, 1.54) is 36.4 Å². The molecule has 0 spiro atoms. The van der Waals surface area contributed by atoms with Gasteiger partial charge in [0.2, 0.25) is 0 Å². The molecule has 22 heavy (non-hydrogen) atoms. The van der Waals surface area contributed by atoms with Gasteiger partial charge in [0.05, 0.1) is 10.1 Å². The van der Waals surface area contributed by atoms with Gasteiger partial charge in [-0.15, -0.1) is 0 Å². The SMILES string of the molecule is O=S(=O)(c1ccc(Cl)cc1)[C@@H]1[C@@H](CO)[C@@H]1c1cccc(F)c1. The van der Waals surface area contributed by atoms with Gasteiger partial charge < -0.3 is 5.11 Å². The van der Waals surface area contributed by atoms with E-state index in [-0.39, 0.29) is 17.4 Å². The standard InChI is InChI=1S/C16H14ClFO3S/c17-11-4-6-13(7-5-11)22(20,21)16-14(9-19)15(16)10-2-1-3-12(18)8-10/h1-8,14-16,19H,9H2/t14-,15-,16+/m0/s1. The molecule has 1 aliphatic carbocycles. The summed E-state index contributed by atoms with van der Waals surface area (Å²) in [6, 6.07) is 11.8. The molecule has 0 radical (unpaired) electrons. The van der Waals surface area contributed by atoms with E-state index < -0.39 is 26.8 Å². The van der Waals surface area contributed by atoms with E-state index in [2.05, 4.69) is 0 Å². The van der Waals surface area contributed by atoms with Gasteiger partial charge in [-0.3, -0.25) is 0 Å². The van der Waals surface area contributed by atoms with E-state index in [9.17, 15) is 17.9 Å². The molecule has 3 rings (SSSR count). The molecule has 0 unspecified atom stereocenters. The fraction of sp³-hybridized carbons (Fsp3) is 0.250. The highest BCUT2D eigenvalue weighted by molar-refractivity contribution is 7.92. The Bertz CT molecular complexity index is 789. The molecule has 1 N–H and O–H groups in total. The summed E-state index contributed by atoms with van der Waals surface area (Å²) in [4.78, 5) is 0.166. The van der Waals surface area contributed by atoms with E-state index in [1.807, 2.05) is 0 Å². The Morgan fingerprint density at radius 1 is 1.14 bits per heavy atom. The maximum absolute atomic E-state index is 13.4. The maximum Gasteiger partial charge on any atom is 0.182 e. The normalized spacial score (nSPS) is 24.2. The third-order valence-electron chi connectivity index (χ3n) is 4.04. The molecule has 0 aromatic heterocycles. The van der Waals surface area contributed by atoms with Crippen molar-refractivity contribution >= 4 is 21.4 Å². The average molecular weight is 341 g/mol. The summed E-state index contributed by atoms with van der Waals surface area (Å²) in [5.74, 6) is -1.22. The fourth-order valence-corrected chi connectivity index (χ4v) is 5.24. The lowest BCUT2D eigenvalue weighted by Gasteiger charge is -2.04. The van der Waals surface area contributed by atoms with Crippen LogP contribution in [0.2, 0.25) is 5.02 Å². The zero-order valence-corrected chi connectivity index (χ0v) is 13.1. The highest BCUT2D eigenvalue weighted by Gasteiger charge is 2.58. The topological polar surface area (TPSA) is 54.4 Å². The molecule has 0 heterocycles. The summed E-state index contributed by atoms with van der Waals surface area (Å²) in [6.07, 6.45) is 0. The predicted molar refractivity (Wildman–Crippen MR) is 82.1 cm³/mol. The molecular formula is C16H14ClFO3S. The second kappa shape index (κ2) is 5.65. The maximum atomic E-state index is 13.4. The largest absolute Gasteiger partial charge is 0.396 e. The van der Waals surface area contributed by atoms with Gasteiger partial charge in [0, 0.05) is 23.5 Å². The van der Waals surface area contributed by atoms with Crippen molar-refractivity contribution in [3.8, 4) is 0 Å². The Labute approximate surface area is 133 Å². The van der Waals surface area contributed by atoms with Gasteiger partial charge in [0.1, 0.15) is 5.82 Å². The Morgan fingerprint density at radius 2 is 1.82 bits per heavy atom. The van der Waals surface area contributed by atoms with Crippen molar-refractivity contribution in [2.24, 2.45) is 5.92 Å². The van der Waals surface area contributed by atoms with E-state index in [0.717, 1.165) is 0 Å². The number of hydrogen-bond acceptors (Lipinski definition) is 3. The highest BCUT2D eigenvalue weighted by atomic mass is 35.5. The van der Waals surface area contributed by atoms with E-state index in [4.69, 9.17) is 11.6 Å². The first-order valence-electron chi connectivity index (χ1n) is 6.81. The lowest BCUT2D eigenvalue weighted by molar-refractivity contribution is 0.274. The molecular weight excluding hydrogens is 327 g/mol. The smallest absolute Gasteiger partial charge is 0.182 e. The molecule has 2 aromatic rings. The number of sulfone groups is 1. The molecule has 1 aliphatic rings. The number of rotatable bonds is 4. The zero-order valence-electron chi connectivity index (χ0n) is 11.5. The Hall–Kier alpha value is -1.43. The van der Waals surface area contributed by atoms with Crippen LogP contribution < -0.4 is 0 Å². The number of aliphatic hydroxyl groups excluding tert-OH is 1.